The minimum atomic E-state index is -2.78. The van der Waals surface area contributed by atoms with Crippen LogP contribution in [0.15, 0.2) is 29.2 Å². The van der Waals surface area contributed by atoms with Crippen LogP contribution >= 0.6 is 0 Å². The second-order valence-corrected chi connectivity index (χ2v) is 7.69. The first kappa shape index (κ1) is 15.0. The molecule has 4 nitrogen and oxygen atoms in total. The Balaban J connectivity index is 2.09. The van der Waals surface area contributed by atoms with Crippen molar-refractivity contribution < 1.29 is 9.00 Å². The van der Waals surface area contributed by atoms with Crippen molar-refractivity contribution in [2.24, 2.45) is 0 Å². The molecule has 2 N–H and O–H groups in total. The average Bonchev–Trinajstić information content (AvgIpc) is 2.66. The highest BCUT2D eigenvalue weighted by molar-refractivity contribution is 7.91. The van der Waals surface area contributed by atoms with Gasteiger partial charge in [0.05, 0.1) is 9.73 Å². The number of carbonyl (C=O) groups is 1. The Morgan fingerprint density at radius 2 is 1.90 bits per heavy atom. The minimum Gasteiger partial charge on any atom is -0.349 e. The lowest BCUT2D eigenvalue weighted by Gasteiger charge is -2.16. The van der Waals surface area contributed by atoms with Crippen LogP contribution in [0.25, 0.3) is 0 Å². The van der Waals surface area contributed by atoms with Gasteiger partial charge in [-0.2, -0.15) is 0 Å². The largest absolute Gasteiger partial charge is 0.349 e. The van der Waals surface area contributed by atoms with Gasteiger partial charge in [0.1, 0.15) is 0 Å². The molecule has 20 heavy (non-hydrogen) atoms. The summed E-state index contributed by atoms with van der Waals surface area (Å²) in [6.45, 7) is 0. The van der Waals surface area contributed by atoms with Crippen molar-refractivity contribution in [3.63, 3.8) is 0 Å². The van der Waals surface area contributed by atoms with Crippen LogP contribution in [0, 0.1) is 4.78 Å². The van der Waals surface area contributed by atoms with Crippen LogP contribution in [0.5, 0.6) is 0 Å². The van der Waals surface area contributed by atoms with E-state index >= 15 is 0 Å². The smallest absolute Gasteiger partial charge is 0.251 e. The van der Waals surface area contributed by atoms with E-state index in [2.05, 4.69) is 5.32 Å². The summed E-state index contributed by atoms with van der Waals surface area (Å²) in [7, 11) is -2.78. The fraction of sp³-hybridized carbons (Fsp3) is 0.533. The zero-order chi connectivity index (χ0) is 14.6. The third-order valence-electron chi connectivity index (χ3n) is 3.74. The Hall–Kier alpha value is -1.36. The summed E-state index contributed by atoms with van der Waals surface area (Å²) in [4.78, 5) is 12.6. The first-order valence-electron chi connectivity index (χ1n) is 7.11. The molecule has 0 radical (unpaired) electrons. The molecule has 1 amide bonds. The van der Waals surface area contributed by atoms with E-state index in [0.717, 1.165) is 12.8 Å². The number of hydrogen-bond acceptors (Lipinski definition) is 3. The number of benzene rings is 1. The van der Waals surface area contributed by atoms with E-state index in [1.54, 1.807) is 24.3 Å². The number of nitrogens with one attached hydrogen (secondary N) is 2. The van der Waals surface area contributed by atoms with Crippen LogP contribution in [-0.4, -0.2) is 22.4 Å². The third-order valence-corrected chi connectivity index (χ3v) is 4.89. The Morgan fingerprint density at radius 3 is 2.50 bits per heavy atom. The number of hydrogen-bond donors (Lipinski definition) is 2. The Kier molecular flexibility index (Phi) is 4.81. The summed E-state index contributed by atoms with van der Waals surface area (Å²) < 4.78 is 19.3. The molecule has 1 aromatic rings. The standard InChI is InChI=1S/C15H22N2O2S/c1-20(16,19)14-10-6-7-12(11-14)15(18)17-13-8-4-2-3-5-9-13/h6-7,10-11,13,16H,2-5,8-9H2,1H3,(H,17,18). The molecular weight excluding hydrogens is 272 g/mol. The average molecular weight is 294 g/mol. The van der Waals surface area contributed by atoms with E-state index < -0.39 is 9.73 Å². The molecule has 1 saturated carbocycles. The molecule has 1 aliphatic carbocycles. The zero-order valence-corrected chi connectivity index (χ0v) is 12.7. The fourth-order valence-electron chi connectivity index (χ4n) is 2.57. The van der Waals surface area contributed by atoms with Gasteiger partial charge in [0.25, 0.3) is 5.91 Å². The molecule has 1 aliphatic rings. The lowest BCUT2D eigenvalue weighted by molar-refractivity contribution is 0.0933. The predicted molar refractivity (Wildman–Crippen MR) is 80.5 cm³/mol. The Labute approximate surface area is 120 Å². The summed E-state index contributed by atoms with van der Waals surface area (Å²) in [6, 6.07) is 6.85. The summed E-state index contributed by atoms with van der Waals surface area (Å²) >= 11 is 0. The van der Waals surface area contributed by atoms with Crippen molar-refractivity contribution in [2.75, 3.05) is 6.26 Å². The topological polar surface area (TPSA) is 70.0 Å². The summed E-state index contributed by atoms with van der Waals surface area (Å²) in [5.74, 6) is -0.123. The zero-order valence-electron chi connectivity index (χ0n) is 11.9. The van der Waals surface area contributed by atoms with Crippen molar-refractivity contribution in [3.8, 4) is 0 Å². The van der Waals surface area contributed by atoms with Gasteiger partial charge in [-0.05, 0) is 31.0 Å². The lowest BCUT2D eigenvalue weighted by atomic mass is 10.1. The molecule has 2 rings (SSSR count). The molecule has 1 aromatic carbocycles. The molecule has 1 atom stereocenters. The normalized spacial score (nSPS) is 19.9. The molecule has 1 fully saturated rings. The van der Waals surface area contributed by atoms with Crippen LogP contribution in [0.1, 0.15) is 48.9 Å². The van der Waals surface area contributed by atoms with Gasteiger partial charge in [0.2, 0.25) is 0 Å². The van der Waals surface area contributed by atoms with E-state index in [0.29, 0.717) is 10.5 Å². The molecule has 110 valence electrons. The van der Waals surface area contributed by atoms with Gasteiger partial charge in [-0.15, -0.1) is 0 Å². The molecule has 0 saturated heterocycles. The maximum absolute atomic E-state index is 12.2. The number of rotatable bonds is 3. The molecule has 5 heteroatoms. The minimum absolute atomic E-state index is 0.123. The quantitative estimate of drug-likeness (QED) is 0.841. The van der Waals surface area contributed by atoms with Crippen molar-refractivity contribution in [1.82, 2.24) is 5.32 Å². The second kappa shape index (κ2) is 6.39. The van der Waals surface area contributed by atoms with Gasteiger partial charge in [-0.3, -0.25) is 4.79 Å². The molecule has 1 unspecified atom stereocenters. The highest BCUT2D eigenvalue weighted by Crippen LogP contribution is 2.18. The van der Waals surface area contributed by atoms with Crippen molar-refractivity contribution >= 4 is 15.6 Å². The van der Waals surface area contributed by atoms with Crippen LogP contribution < -0.4 is 5.32 Å². The van der Waals surface area contributed by atoms with Gasteiger partial charge in [0.15, 0.2) is 0 Å². The SMILES string of the molecule is CS(=N)(=O)c1cccc(C(=O)NC2CCCCCC2)c1. The van der Waals surface area contributed by atoms with Crippen LogP contribution in [-0.2, 0) is 9.73 Å². The summed E-state index contributed by atoms with van der Waals surface area (Å²) in [6.07, 6.45) is 8.27. The highest BCUT2D eigenvalue weighted by Gasteiger charge is 2.16. The molecule has 0 spiro atoms. The van der Waals surface area contributed by atoms with Gasteiger partial charge < -0.3 is 5.32 Å². The summed E-state index contributed by atoms with van der Waals surface area (Å²) in [5, 5.41) is 3.06. The molecular formula is C15H22N2O2S. The second-order valence-electron chi connectivity index (χ2n) is 5.53. The third kappa shape index (κ3) is 4.07. The van der Waals surface area contributed by atoms with Gasteiger partial charge in [-0.1, -0.05) is 31.7 Å². The van der Waals surface area contributed by atoms with Crippen molar-refractivity contribution in [2.45, 2.75) is 49.5 Å². The molecule has 0 aromatic heterocycles. The Bertz CT molecular complexity index is 573. The maximum atomic E-state index is 12.2. The van der Waals surface area contributed by atoms with E-state index in [1.165, 1.54) is 31.9 Å². The molecule has 0 aliphatic heterocycles. The summed E-state index contributed by atoms with van der Waals surface area (Å²) in [5.41, 5.74) is 0.494. The van der Waals surface area contributed by atoms with E-state index in [-0.39, 0.29) is 11.9 Å². The number of carbonyl (C=O) groups excluding carboxylic acids is 1. The molecule has 0 bridgehead atoms. The first-order valence-corrected chi connectivity index (χ1v) is 9.08. The van der Waals surface area contributed by atoms with Crippen LogP contribution in [0.4, 0.5) is 0 Å². The molecule has 0 heterocycles. The van der Waals surface area contributed by atoms with Crippen molar-refractivity contribution in [3.05, 3.63) is 29.8 Å². The van der Waals surface area contributed by atoms with E-state index in [9.17, 15) is 9.00 Å². The lowest BCUT2D eigenvalue weighted by Crippen LogP contribution is -2.34. The maximum Gasteiger partial charge on any atom is 0.251 e. The predicted octanol–water partition coefficient (Wildman–Crippen LogP) is 3.17. The van der Waals surface area contributed by atoms with E-state index in [4.69, 9.17) is 4.78 Å². The monoisotopic (exact) mass is 294 g/mol. The number of amides is 1. The van der Waals surface area contributed by atoms with Gasteiger partial charge in [0, 0.05) is 22.8 Å². The van der Waals surface area contributed by atoms with Crippen molar-refractivity contribution in [1.29, 1.82) is 4.78 Å². The first-order chi connectivity index (χ1) is 9.47. The van der Waals surface area contributed by atoms with Crippen LogP contribution in [0.2, 0.25) is 0 Å². The van der Waals surface area contributed by atoms with E-state index in [1.807, 2.05) is 0 Å². The fourth-order valence-corrected chi connectivity index (χ4v) is 3.26. The van der Waals surface area contributed by atoms with Gasteiger partial charge in [-0.25, -0.2) is 8.99 Å². The van der Waals surface area contributed by atoms with Gasteiger partial charge >= 0.3 is 0 Å². The van der Waals surface area contributed by atoms with Crippen LogP contribution in [0.3, 0.4) is 0 Å². The highest BCUT2D eigenvalue weighted by atomic mass is 32.2. The Morgan fingerprint density at radius 1 is 1.25 bits per heavy atom.